The average molecular weight is 187 g/mol. The van der Waals surface area contributed by atoms with E-state index in [9.17, 15) is 0 Å². The zero-order valence-electron chi connectivity index (χ0n) is 7.28. The molecule has 5 heteroatoms. The molecule has 12 heavy (non-hydrogen) atoms. The summed E-state index contributed by atoms with van der Waals surface area (Å²) < 4.78 is 4.92. The highest BCUT2D eigenvalue weighted by Crippen LogP contribution is 2.11. The van der Waals surface area contributed by atoms with E-state index in [0.29, 0.717) is 5.89 Å². The van der Waals surface area contributed by atoms with E-state index in [-0.39, 0.29) is 6.04 Å². The van der Waals surface area contributed by atoms with Crippen LogP contribution in [0.3, 0.4) is 0 Å². The van der Waals surface area contributed by atoms with E-state index in [4.69, 9.17) is 10.3 Å². The second kappa shape index (κ2) is 4.47. The fourth-order valence-corrected chi connectivity index (χ4v) is 1.21. The second-order valence-corrected chi connectivity index (χ2v) is 3.75. The van der Waals surface area contributed by atoms with Crippen LogP contribution in [-0.2, 0) is 5.75 Å². The largest absolute Gasteiger partial charge is 0.338 e. The molecule has 0 spiro atoms. The lowest BCUT2D eigenvalue weighted by atomic mass is 10.4. The van der Waals surface area contributed by atoms with Crippen LogP contribution in [-0.4, -0.2) is 15.9 Å². The lowest BCUT2D eigenvalue weighted by Gasteiger charge is -1.93. The molecule has 4 nitrogen and oxygen atoms in total. The van der Waals surface area contributed by atoms with Gasteiger partial charge in [-0.25, -0.2) is 0 Å². The number of hydrogen-bond acceptors (Lipinski definition) is 5. The summed E-state index contributed by atoms with van der Waals surface area (Å²) in [5, 5.41) is 3.79. The normalized spacial score (nSPS) is 13.2. The van der Waals surface area contributed by atoms with Crippen molar-refractivity contribution in [1.82, 2.24) is 10.1 Å². The van der Waals surface area contributed by atoms with Crippen molar-refractivity contribution in [3.05, 3.63) is 11.7 Å². The summed E-state index contributed by atoms with van der Waals surface area (Å²) in [7, 11) is 0. The molecule has 0 amide bonds. The molecule has 0 aliphatic rings. The SMILES string of the molecule is CCSCc1noc(C(C)N)n1. The first-order valence-electron chi connectivity index (χ1n) is 3.89. The van der Waals surface area contributed by atoms with E-state index in [0.717, 1.165) is 17.3 Å². The van der Waals surface area contributed by atoms with E-state index >= 15 is 0 Å². The van der Waals surface area contributed by atoms with Crippen molar-refractivity contribution in [3.63, 3.8) is 0 Å². The zero-order valence-corrected chi connectivity index (χ0v) is 8.10. The molecular weight excluding hydrogens is 174 g/mol. The van der Waals surface area contributed by atoms with Gasteiger partial charge in [-0.05, 0) is 12.7 Å². The van der Waals surface area contributed by atoms with Crippen molar-refractivity contribution in [3.8, 4) is 0 Å². The number of rotatable bonds is 4. The van der Waals surface area contributed by atoms with Gasteiger partial charge < -0.3 is 10.3 Å². The predicted octanol–water partition coefficient (Wildman–Crippen LogP) is 1.34. The fourth-order valence-electron chi connectivity index (χ4n) is 0.704. The molecule has 0 saturated heterocycles. The van der Waals surface area contributed by atoms with Crippen molar-refractivity contribution in [2.24, 2.45) is 5.73 Å². The molecular formula is C7H13N3OS. The first-order valence-corrected chi connectivity index (χ1v) is 5.05. The van der Waals surface area contributed by atoms with Crippen LogP contribution in [0.5, 0.6) is 0 Å². The Bertz CT molecular complexity index is 236. The lowest BCUT2D eigenvalue weighted by Crippen LogP contribution is -2.05. The third-order valence-electron chi connectivity index (χ3n) is 1.31. The molecule has 0 fully saturated rings. The van der Waals surface area contributed by atoms with Gasteiger partial charge in [-0.1, -0.05) is 12.1 Å². The summed E-state index contributed by atoms with van der Waals surface area (Å²) in [6.07, 6.45) is 0. The molecule has 0 radical (unpaired) electrons. The maximum atomic E-state index is 5.55. The Morgan fingerprint density at radius 1 is 1.67 bits per heavy atom. The third kappa shape index (κ3) is 2.49. The summed E-state index contributed by atoms with van der Waals surface area (Å²) in [5.41, 5.74) is 5.55. The topological polar surface area (TPSA) is 64.9 Å². The Morgan fingerprint density at radius 3 is 2.92 bits per heavy atom. The molecule has 0 aliphatic heterocycles. The summed E-state index contributed by atoms with van der Waals surface area (Å²) >= 11 is 1.76. The van der Waals surface area contributed by atoms with E-state index in [1.807, 2.05) is 6.92 Å². The highest BCUT2D eigenvalue weighted by Gasteiger charge is 2.08. The molecule has 1 aromatic rings. The van der Waals surface area contributed by atoms with E-state index in [2.05, 4.69) is 17.1 Å². The minimum Gasteiger partial charge on any atom is -0.338 e. The lowest BCUT2D eigenvalue weighted by molar-refractivity contribution is 0.358. The van der Waals surface area contributed by atoms with Gasteiger partial charge in [-0.2, -0.15) is 16.7 Å². The molecule has 0 aromatic carbocycles. The summed E-state index contributed by atoms with van der Waals surface area (Å²) in [6, 6.07) is -0.169. The monoisotopic (exact) mass is 187 g/mol. The van der Waals surface area contributed by atoms with E-state index < -0.39 is 0 Å². The molecule has 1 rings (SSSR count). The van der Waals surface area contributed by atoms with Crippen molar-refractivity contribution < 1.29 is 4.52 Å². The van der Waals surface area contributed by atoms with Crippen molar-refractivity contribution >= 4 is 11.8 Å². The quantitative estimate of drug-likeness (QED) is 0.770. The number of nitrogens with zero attached hydrogens (tertiary/aromatic N) is 2. The van der Waals surface area contributed by atoms with Crippen molar-refractivity contribution in [2.75, 3.05) is 5.75 Å². The molecule has 1 heterocycles. The standard InChI is InChI=1S/C7H13N3OS/c1-3-12-4-6-9-7(5(2)8)11-10-6/h5H,3-4,8H2,1-2H3. The Kier molecular flexibility index (Phi) is 3.55. The molecule has 1 aromatic heterocycles. The Hall–Kier alpha value is -0.550. The molecule has 1 atom stereocenters. The highest BCUT2D eigenvalue weighted by molar-refractivity contribution is 7.98. The predicted molar refractivity (Wildman–Crippen MR) is 48.7 cm³/mol. The molecule has 68 valence electrons. The van der Waals surface area contributed by atoms with Crippen LogP contribution >= 0.6 is 11.8 Å². The van der Waals surface area contributed by atoms with Gasteiger partial charge >= 0.3 is 0 Å². The first-order chi connectivity index (χ1) is 5.74. The molecule has 0 saturated carbocycles. The third-order valence-corrected chi connectivity index (χ3v) is 2.18. The number of nitrogens with two attached hydrogens (primary N) is 1. The Labute approximate surface area is 75.9 Å². The summed E-state index contributed by atoms with van der Waals surface area (Å²) in [5.74, 6) is 3.10. The van der Waals surface area contributed by atoms with Crippen LogP contribution in [0.4, 0.5) is 0 Å². The van der Waals surface area contributed by atoms with Crippen molar-refractivity contribution in [2.45, 2.75) is 25.6 Å². The molecule has 1 unspecified atom stereocenters. The van der Waals surface area contributed by atoms with Crippen LogP contribution in [0.25, 0.3) is 0 Å². The van der Waals surface area contributed by atoms with E-state index in [1.165, 1.54) is 0 Å². The van der Waals surface area contributed by atoms with Gasteiger partial charge in [0.25, 0.3) is 0 Å². The summed E-state index contributed by atoms with van der Waals surface area (Å²) in [4.78, 5) is 4.12. The van der Waals surface area contributed by atoms with Crippen molar-refractivity contribution in [1.29, 1.82) is 0 Å². The minimum absolute atomic E-state index is 0.169. The van der Waals surface area contributed by atoms with Gasteiger partial charge in [0.05, 0.1) is 11.8 Å². The smallest absolute Gasteiger partial charge is 0.243 e. The maximum Gasteiger partial charge on any atom is 0.243 e. The molecule has 2 N–H and O–H groups in total. The van der Waals surface area contributed by atoms with Crippen LogP contribution in [0, 0.1) is 0 Å². The van der Waals surface area contributed by atoms with Gasteiger partial charge in [0.1, 0.15) is 0 Å². The van der Waals surface area contributed by atoms with Gasteiger partial charge in [0.2, 0.25) is 5.89 Å². The first kappa shape index (κ1) is 9.54. The minimum atomic E-state index is -0.169. The van der Waals surface area contributed by atoms with Gasteiger partial charge in [-0.3, -0.25) is 0 Å². The van der Waals surface area contributed by atoms with Gasteiger partial charge in [-0.15, -0.1) is 0 Å². The maximum absolute atomic E-state index is 5.55. The fraction of sp³-hybridized carbons (Fsp3) is 0.714. The van der Waals surface area contributed by atoms with Crippen LogP contribution in [0.1, 0.15) is 31.6 Å². The van der Waals surface area contributed by atoms with Gasteiger partial charge in [0, 0.05) is 0 Å². The molecule has 0 aliphatic carbocycles. The zero-order chi connectivity index (χ0) is 8.97. The number of hydrogen-bond donors (Lipinski definition) is 1. The van der Waals surface area contributed by atoms with Crippen LogP contribution in [0.15, 0.2) is 4.52 Å². The number of aromatic nitrogens is 2. The highest BCUT2D eigenvalue weighted by atomic mass is 32.2. The number of thioether (sulfide) groups is 1. The van der Waals surface area contributed by atoms with Crippen LogP contribution < -0.4 is 5.73 Å². The van der Waals surface area contributed by atoms with Crippen LogP contribution in [0.2, 0.25) is 0 Å². The Balaban J connectivity index is 2.52. The molecule has 0 bridgehead atoms. The van der Waals surface area contributed by atoms with Gasteiger partial charge in [0.15, 0.2) is 5.82 Å². The average Bonchev–Trinajstić information content (AvgIpc) is 2.48. The Morgan fingerprint density at radius 2 is 2.42 bits per heavy atom. The second-order valence-electron chi connectivity index (χ2n) is 2.47. The summed E-state index contributed by atoms with van der Waals surface area (Å²) in [6.45, 7) is 3.92. The van der Waals surface area contributed by atoms with E-state index in [1.54, 1.807) is 11.8 Å².